The minimum absolute atomic E-state index is 0.0853. The van der Waals surface area contributed by atoms with E-state index in [2.05, 4.69) is 20.4 Å². The lowest BCUT2D eigenvalue weighted by atomic mass is 10.5. The van der Waals surface area contributed by atoms with Crippen LogP contribution in [-0.2, 0) is 9.53 Å². The molecule has 1 aromatic rings. The second-order valence-corrected chi connectivity index (χ2v) is 4.99. The Morgan fingerprint density at radius 1 is 1.58 bits per heavy atom. The van der Waals surface area contributed by atoms with Gasteiger partial charge in [0.15, 0.2) is 11.7 Å². The molecule has 19 heavy (non-hydrogen) atoms. The number of hydrogen-bond acceptors (Lipinski definition) is 6. The molecule has 0 radical (unpaired) electrons. The van der Waals surface area contributed by atoms with Gasteiger partial charge in [-0.1, -0.05) is 0 Å². The first kappa shape index (κ1) is 13.3. The Kier molecular flexibility index (Phi) is 3.95. The molecule has 9 heteroatoms. The zero-order valence-electron chi connectivity index (χ0n) is 10.1. The molecule has 1 fully saturated rings. The molecule has 0 aliphatic carbocycles. The fraction of sp³-hybridized carbons (Fsp3) is 0.400. The molecule has 0 aromatic carbocycles. The SMILES string of the molecule is Cc1cnc(NC(=O)NCCN2C(=O)COC2=O)s1. The summed E-state index contributed by atoms with van der Waals surface area (Å²) in [5, 5.41) is 5.56. The van der Waals surface area contributed by atoms with Crippen molar-refractivity contribution in [3.8, 4) is 0 Å². The van der Waals surface area contributed by atoms with Crippen LogP contribution in [0.1, 0.15) is 4.88 Å². The molecule has 0 spiro atoms. The number of carbonyl (C=O) groups excluding carboxylic acids is 3. The van der Waals surface area contributed by atoms with Gasteiger partial charge in [-0.3, -0.25) is 10.1 Å². The van der Waals surface area contributed by atoms with Gasteiger partial charge in [0.25, 0.3) is 5.91 Å². The lowest BCUT2D eigenvalue weighted by Crippen LogP contribution is -2.39. The molecule has 8 nitrogen and oxygen atoms in total. The third-order valence-electron chi connectivity index (χ3n) is 2.30. The topological polar surface area (TPSA) is 101 Å². The van der Waals surface area contributed by atoms with Gasteiger partial charge in [0.2, 0.25) is 0 Å². The van der Waals surface area contributed by atoms with E-state index in [1.807, 2.05) is 6.92 Å². The van der Waals surface area contributed by atoms with Crippen LogP contribution in [0.5, 0.6) is 0 Å². The van der Waals surface area contributed by atoms with Gasteiger partial charge in [-0.2, -0.15) is 0 Å². The van der Waals surface area contributed by atoms with Crippen molar-refractivity contribution in [1.82, 2.24) is 15.2 Å². The van der Waals surface area contributed by atoms with Gasteiger partial charge in [-0.25, -0.2) is 19.5 Å². The molecule has 4 amide bonds. The molecule has 2 N–H and O–H groups in total. The van der Waals surface area contributed by atoms with Gasteiger partial charge < -0.3 is 10.1 Å². The zero-order chi connectivity index (χ0) is 13.8. The van der Waals surface area contributed by atoms with Gasteiger partial charge in [0.05, 0.1) is 0 Å². The van der Waals surface area contributed by atoms with Crippen LogP contribution in [0, 0.1) is 6.92 Å². The number of rotatable bonds is 4. The van der Waals surface area contributed by atoms with Crippen LogP contribution in [0.3, 0.4) is 0 Å². The summed E-state index contributed by atoms with van der Waals surface area (Å²) in [6.07, 6.45) is 0.974. The first-order valence-corrected chi connectivity index (χ1v) is 6.32. The molecule has 102 valence electrons. The Bertz CT molecular complexity index is 499. The summed E-state index contributed by atoms with van der Waals surface area (Å²) in [6, 6.07) is -0.436. The Balaban J connectivity index is 1.72. The summed E-state index contributed by atoms with van der Waals surface area (Å²) in [5.41, 5.74) is 0. The summed E-state index contributed by atoms with van der Waals surface area (Å²) < 4.78 is 4.53. The first-order chi connectivity index (χ1) is 9.06. The zero-order valence-corrected chi connectivity index (χ0v) is 11.0. The highest BCUT2D eigenvalue weighted by Crippen LogP contribution is 2.15. The van der Waals surface area contributed by atoms with E-state index in [4.69, 9.17) is 0 Å². The number of carbonyl (C=O) groups is 3. The number of urea groups is 1. The van der Waals surface area contributed by atoms with Crippen molar-refractivity contribution in [2.24, 2.45) is 0 Å². The quantitative estimate of drug-likeness (QED) is 0.841. The van der Waals surface area contributed by atoms with Gasteiger partial charge >= 0.3 is 12.1 Å². The smallest absolute Gasteiger partial charge is 0.417 e. The van der Waals surface area contributed by atoms with E-state index in [1.165, 1.54) is 11.3 Å². The molecule has 1 saturated heterocycles. The number of nitrogens with one attached hydrogen (secondary N) is 2. The lowest BCUT2D eigenvalue weighted by molar-refractivity contribution is -0.125. The van der Waals surface area contributed by atoms with E-state index < -0.39 is 18.0 Å². The van der Waals surface area contributed by atoms with E-state index in [-0.39, 0.29) is 19.7 Å². The van der Waals surface area contributed by atoms with Crippen LogP contribution in [0.2, 0.25) is 0 Å². The minimum atomic E-state index is -0.678. The number of aromatic nitrogens is 1. The highest BCUT2D eigenvalue weighted by molar-refractivity contribution is 7.15. The fourth-order valence-corrected chi connectivity index (χ4v) is 2.09. The van der Waals surface area contributed by atoms with Crippen molar-refractivity contribution in [3.05, 3.63) is 11.1 Å². The summed E-state index contributed by atoms with van der Waals surface area (Å²) in [7, 11) is 0. The maximum atomic E-state index is 11.5. The molecule has 1 aromatic heterocycles. The van der Waals surface area contributed by atoms with Crippen LogP contribution >= 0.6 is 11.3 Å². The first-order valence-electron chi connectivity index (χ1n) is 5.50. The number of imide groups is 1. The van der Waals surface area contributed by atoms with E-state index in [0.29, 0.717) is 5.13 Å². The van der Waals surface area contributed by atoms with Gasteiger partial charge in [0, 0.05) is 24.2 Å². The molecule has 2 heterocycles. The van der Waals surface area contributed by atoms with Crippen LogP contribution in [0.4, 0.5) is 14.7 Å². The van der Waals surface area contributed by atoms with E-state index in [0.717, 1.165) is 9.78 Å². The van der Waals surface area contributed by atoms with Crippen molar-refractivity contribution in [3.63, 3.8) is 0 Å². The van der Waals surface area contributed by atoms with Gasteiger partial charge in [-0.15, -0.1) is 11.3 Å². The minimum Gasteiger partial charge on any atom is -0.439 e. The van der Waals surface area contributed by atoms with Crippen LogP contribution in [-0.4, -0.2) is 47.6 Å². The molecule has 1 aliphatic heterocycles. The fourth-order valence-electron chi connectivity index (χ4n) is 1.43. The van der Waals surface area contributed by atoms with Crippen molar-refractivity contribution in [1.29, 1.82) is 0 Å². The number of nitrogens with zero attached hydrogens (tertiary/aromatic N) is 2. The van der Waals surface area contributed by atoms with Crippen molar-refractivity contribution < 1.29 is 19.1 Å². The molecular weight excluding hydrogens is 272 g/mol. The highest BCUT2D eigenvalue weighted by Gasteiger charge is 2.30. The number of amides is 4. The van der Waals surface area contributed by atoms with Crippen LogP contribution < -0.4 is 10.6 Å². The van der Waals surface area contributed by atoms with Gasteiger partial charge in [-0.05, 0) is 6.92 Å². The van der Waals surface area contributed by atoms with E-state index in [9.17, 15) is 14.4 Å². The molecule has 2 rings (SSSR count). The third-order valence-corrected chi connectivity index (χ3v) is 3.13. The standard InChI is InChI=1S/C10H12N4O4S/c1-6-4-12-9(19-6)13-8(16)11-2-3-14-7(15)5-18-10(14)17/h4H,2-3,5H2,1H3,(H2,11,12,13,16). The summed E-state index contributed by atoms with van der Waals surface area (Å²) >= 11 is 1.35. The number of ether oxygens (including phenoxy) is 1. The Hall–Kier alpha value is -2.16. The number of cyclic esters (lactones) is 1. The maximum Gasteiger partial charge on any atom is 0.417 e. The highest BCUT2D eigenvalue weighted by atomic mass is 32.1. The number of anilines is 1. The van der Waals surface area contributed by atoms with Crippen LogP contribution in [0.15, 0.2) is 6.20 Å². The summed E-state index contributed by atoms with van der Waals surface area (Å²) in [4.78, 5) is 39.7. The average Bonchev–Trinajstić information content (AvgIpc) is 2.89. The second kappa shape index (κ2) is 5.65. The Morgan fingerprint density at radius 3 is 2.95 bits per heavy atom. The molecule has 0 atom stereocenters. The Labute approximate surface area is 112 Å². The number of thiazole rings is 1. The molecule has 0 saturated carbocycles. The van der Waals surface area contributed by atoms with E-state index >= 15 is 0 Å². The molecule has 0 bridgehead atoms. The van der Waals surface area contributed by atoms with E-state index in [1.54, 1.807) is 6.20 Å². The predicted octanol–water partition coefficient (Wildman–Crippen LogP) is 0.552. The van der Waals surface area contributed by atoms with Gasteiger partial charge in [0.1, 0.15) is 0 Å². The number of hydrogen-bond donors (Lipinski definition) is 2. The van der Waals surface area contributed by atoms with Crippen molar-refractivity contribution in [2.75, 3.05) is 25.0 Å². The molecule has 0 unspecified atom stereocenters. The monoisotopic (exact) mass is 284 g/mol. The summed E-state index contributed by atoms with van der Waals surface area (Å²) in [6.45, 7) is 1.88. The third kappa shape index (κ3) is 3.41. The van der Waals surface area contributed by atoms with Crippen LogP contribution in [0.25, 0.3) is 0 Å². The molecule has 1 aliphatic rings. The normalized spacial score (nSPS) is 14.5. The van der Waals surface area contributed by atoms with Crippen molar-refractivity contribution in [2.45, 2.75) is 6.92 Å². The Morgan fingerprint density at radius 2 is 2.37 bits per heavy atom. The van der Waals surface area contributed by atoms with Crippen molar-refractivity contribution >= 4 is 34.5 Å². The summed E-state index contributed by atoms with van der Waals surface area (Å²) in [5.74, 6) is -0.400. The second-order valence-electron chi connectivity index (χ2n) is 3.76. The predicted molar refractivity (Wildman–Crippen MR) is 66.9 cm³/mol. The maximum absolute atomic E-state index is 11.5. The largest absolute Gasteiger partial charge is 0.439 e. The lowest BCUT2D eigenvalue weighted by Gasteiger charge is -2.11. The molecular formula is C10H12N4O4S. The average molecular weight is 284 g/mol. The number of aryl methyl sites for hydroxylation is 1.